The van der Waals surface area contributed by atoms with E-state index in [1.165, 1.54) is 0 Å². The van der Waals surface area contributed by atoms with Crippen molar-refractivity contribution < 1.29 is 14.3 Å². The van der Waals surface area contributed by atoms with Gasteiger partial charge in [0.15, 0.2) is 6.61 Å². The second kappa shape index (κ2) is 8.84. The number of benzene rings is 2. The highest BCUT2D eigenvalue weighted by Gasteiger charge is 2.42. The maximum absolute atomic E-state index is 13.3. The SMILES string of the molecule is NC(=O)COc1ccc(NC(=O)C2(c3ccc(Cl)cc3Cl)CCCCC2)cc1. The Morgan fingerprint density at radius 1 is 1.04 bits per heavy atom. The van der Waals surface area contributed by atoms with Gasteiger partial charge in [0.1, 0.15) is 5.75 Å². The number of anilines is 1. The predicted molar refractivity (Wildman–Crippen MR) is 111 cm³/mol. The van der Waals surface area contributed by atoms with Gasteiger partial charge in [0, 0.05) is 15.7 Å². The number of nitrogens with one attached hydrogen (secondary N) is 1. The molecule has 0 atom stereocenters. The van der Waals surface area contributed by atoms with E-state index in [1.54, 1.807) is 36.4 Å². The zero-order valence-electron chi connectivity index (χ0n) is 15.3. The second-order valence-corrected chi connectivity index (χ2v) is 7.84. The molecule has 0 spiro atoms. The number of ether oxygens (including phenoxy) is 1. The fraction of sp³-hybridized carbons (Fsp3) is 0.333. The molecule has 0 bridgehead atoms. The number of carbonyl (C=O) groups excluding carboxylic acids is 2. The molecular weight excluding hydrogens is 399 g/mol. The van der Waals surface area contributed by atoms with Gasteiger partial charge in [-0.15, -0.1) is 0 Å². The van der Waals surface area contributed by atoms with Crippen molar-refractivity contribution in [2.45, 2.75) is 37.5 Å². The standard InChI is InChI=1S/C21H22Cl2N2O3/c22-14-4-9-17(18(23)12-14)21(10-2-1-3-11-21)20(27)25-15-5-7-16(8-6-15)28-13-19(24)26/h4-9,12H,1-3,10-11,13H2,(H2,24,26)(H,25,27). The molecule has 1 aliphatic carbocycles. The van der Waals surface area contributed by atoms with E-state index in [2.05, 4.69) is 5.32 Å². The van der Waals surface area contributed by atoms with E-state index in [-0.39, 0.29) is 12.5 Å². The summed E-state index contributed by atoms with van der Waals surface area (Å²) in [6.45, 7) is -0.191. The van der Waals surface area contributed by atoms with E-state index in [9.17, 15) is 9.59 Å². The van der Waals surface area contributed by atoms with Crippen LogP contribution in [0.4, 0.5) is 5.69 Å². The molecule has 2 aromatic rings. The van der Waals surface area contributed by atoms with Gasteiger partial charge in [-0.1, -0.05) is 48.5 Å². The Kier molecular flexibility index (Phi) is 6.47. The highest BCUT2D eigenvalue weighted by Crippen LogP contribution is 2.43. The van der Waals surface area contributed by atoms with Crippen molar-refractivity contribution in [2.75, 3.05) is 11.9 Å². The highest BCUT2D eigenvalue weighted by atomic mass is 35.5. The zero-order chi connectivity index (χ0) is 20.1. The topological polar surface area (TPSA) is 81.4 Å². The van der Waals surface area contributed by atoms with Crippen LogP contribution in [0.15, 0.2) is 42.5 Å². The molecule has 1 fully saturated rings. The average molecular weight is 421 g/mol. The summed E-state index contributed by atoms with van der Waals surface area (Å²) < 4.78 is 5.24. The molecule has 2 aromatic carbocycles. The predicted octanol–water partition coefficient (Wildman–Crippen LogP) is 4.70. The van der Waals surface area contributed by atoms with Crippen LogP contribution in [0.2, 0.25) is 10.0 Å². The number of carbonyl (C=O) groups is 2. The largest absolute Gasteiger partial charge is 0.484 e. The van der Waals surface area contributed by atoms with Crippen molar-refractivity contribution in [3.63, 3.8) is 0 Å². The maximum Gasteiger partial charge on any atom is 0.255 e. The molecule has 1 saturated carbocycles. The van der Waals surface area contributed by atoms with Gasteiger partial charge < -0.3 is 15.8 Å². The summed E-state index contributed by atoms with van der Waals surface area (Å²) >= 11 is 12.5. The second-order valence-electron chi connectivity index (χ2n) is 7.00. The molecule has 3 rings (SSSR count). The third-order valence-corrected chi connectivity index (χ3v) is 5.63. The Morgan fingerprint density at radius 2 is 1.71 bits per heavy atom. The van der Waals surface area contributed by atoms with Gasteiger partial charge in [-0.05, 0) is 54.8 Å². The van der Waals surface area contributed by atoms with Gasteiger partial charge in [-0.2, -0.15) is 0 Å². The first-order chi connectivity index (χ1) is 13.4. The van der Waals surface area contributed by atoms with Crippen molar-refractivity contribution >= 4 is 40.7 Å². The molecule has 7 heteroatoms. The number of hydrogen-bond donors (Lipinski definition) is 2. The minimum atomic E-state index is -0.680. The van der Waals surface area contributed by atoms with Gasteiger partial charge >= 0.3 is 0 Å². The van der Waals surface area contributed by atoms with Gasteiger partial charge in [-0.25, -0.2) is 0 Å². The third-order valence-electron chi connectivity index (χ3n) is 5.08. The van der Waals surface area contributed by atoms with Crippen molar-refractivity contribution in [1.29, 1.82) is 0 Å². The third kappa shape index (κ3) is 4.59. The molecule has 2 amide bonds. The molecule has 0 heterocycles. The minimum Gasteiger partial charge on any atom is -0.484 e. The summed E-state index contributed by atoms with van der Waals surface area (Å²) in [5.41, 5.74) is 5.85. The molecule has 0 aliphatic heterocycles. The van der Waals surface area contributed by atoms with E-state index in [0.29, 0.717) is 21.5 Å². The molecular formula is C21H22Cl2N2O3. The Balaban J connectivity index is 1.81. The van der Waals surface area contributed by atoms with Crippen LogP contribution in [-0.2, 0) is 15.0 Å². The van der Waals surface area contributed by atoms with Gasteiger partial charge in [-0.3, -0.25) is 9.59 Å². The van der Waals surface area contributed by atoms with Crippen LogP contribution in [-0.4, -0.2) is 18.4 Å². The fourth-order valence-electron chi connectivity index (χ4n) is 3.69. The molecule has 0 saturated heterocycles. The van der Waals surface area contributed by atoms with Gasteiger partial charge in [0.05, 0.1) is 5.41 Å². The van der Waals surface area contributed by atoms with E-state index in [1.807, 2.05) is 6.07 Å². The van der Waals surface area contributed by atoms with Crippen LogP contribution in [0.5, 0.6) is 5.75 Å². The first-order valence-corrected chi connectivity index (χ1v) is 9.94. The number of nitrogens with two attached hydrogens (primary N) is 1. The lowest BCUT2D eigenvalue weighted by molar-refractivity contribution is -0.123. The van der Waals surface area contributed by atoms with Crippen LogP contribution in [0.1, 0.15) is 37.7 Å². The smallest absolute Gasteiger partial charge is 0.255 e. The van der Waals surface area contributed by atoms with Crippen LogP contribution in [0.25, 0.3) is 0 Å². The summed E-state index contributed by atoms with van der Waals surface area (Å²) in [7, 11) is 0. The lowest BCUT2D eigenvalue weighted by atomic mass is 9.68. The van der Waals surface area contributed by atoms with E-state index in [0.717, 1.165) is 37.7 Å². The Labute approximate surface area is 174 Å². The summed E-state index contributed by atoms with van der Waals surface area (Å²) in [5.74, 6) is -0.122. The van der Waals surface area contributed by atoms with Crippen LogP contribution in [0.3, 0.4) is 0 Å². The number of rotatable bonds is 6. The van der Waals surface area contributed by atoms with Crippen molar-refractivity contribution in [2.24, 2.45) is 5.73 Å². The number of amides is 2. The zero-order valence-corrected chi connectivity index (χ0v) is 16.9. The number of primary amides is 1. The highest BCUT2D eigenvalue weighted by molar-refractivity contribution is 6.35. The van der Waals surface area contributed by atoms with Crippen LogP contribution < -0.4 is 15.8 Å². The molecule has 0 radical (unpaired) electrons. The fourth-order valence-corrected chi connectivity index (χ4v) is 4.28. The first kappa shape index (κ1) is 20.5. The molecule has 0 aromatic heterocycles. The Hall–Kier alpha value is -2.24. The van der Waals surface area contributed by atoms with Crippen molar-refractivity contribution in [3.05, 3.63) is 58.1 Å². The molecule has 0 unspecified atom stereocenters. The normalized spacial score (nSPS) is 15.6. The summed E-state index contributed by atoms with van der Waals surface area (Å²) in [4.78, 5) is 24.1. The summed E-state index contributed by atoms with van der Waals surface area (Å²) in [6, 6.07) is 12.1. The minimum absolute atomic E-state index is 0.0813. The monoisotopic (exact) mass is 420 g/mol. The van der Waals surface area contributed by atoms with Gasteiger partial charge in [0.2, 0.25) is 5.91 Å². The van der Waals surface area contributed by atoms with Gasteiger partial charge in [0.25, 0.3) is 5.91 Å². The molecule has 148 valence electrons. The number of hydrogen-bond acceptors (Lipinski definition) is 3. The van der Waals surface area contributed by atoms with Crippen molar-refractivity contribution in [3.8, 4) is 5.75 Å². The number of halogens is 2. The van der Waals surface area contributed by atoms with Crippen molar-refractivity contribution in [1.82, 2.24) is 0 Å². The average Bonchev–Trinajstić information content (AvgIpc) is 2.68. The molecule has 28 heavy (non-hydrogen) atoms. The lowest BCUT2D eigenvalue weighted by Crippen LogP contribution is -2.42. The lowest BCUT2D eigenvalue weighted by Gasteiger charge is -2.37. The Morgan fingerprint density at radius 3 is 2.32 bits per heavy atom. The summed E-state index contributed by atoms with van der Waals surface area (Å²) in [5, 5.41) is 4.07. The maximum atomic E-state index is 13.3. The molecule has 5 nitrogen and oxygen atoms in total. The van der Waals surface area contributed by atoms with E-state index < -0.39 is 11.3 Å². The molecule has 3 N–H and O–H groups in total. The van der Waals surface area contributed by atoms with E-state index >= 15 is 0 Å². The van der Waals surface area contributed by atoms with E-state index in [4.69, 9.17) is 33.7 Å². The quantitative estimate of drug-likeness (QED) is 0.710. The summed E-state index contributed by atoms with van der Waals surface area (Å²) in [6.07, 6.45) is 4.50. The van der Waals surface area contributed by atoms with Crippen LogP contribution >= 0.6 is 23.2 Å². The first-order valence-electron chi connectivity index (χ1n) is 9.19. The molecule has 1 aliphatic rings. The Bertz CT molecular complexity index is 862. The van der Waals surface area contributed by atoms with Crippen LogP contribution in [0, 0.1) is 0 Å².